The summed E-state index contributed by atoms with van der Waals surface area (Å²) in [5.41, 5.74) is 0.767. The van der Waals surface area contributed by atoms with Crippen LogP contribution in [-0.2, 0) is 9.59 Å². The summed E-state index contributed by atoms with van der Waals surface area (Å²) >= 11 is 0. The number of rotatable bonds is 6. The molecule has 0 atom stereocenters. The maximum atomic E-state index is 12.8. The summed E-state index contributed by atoms with van der Waals surface area (Å²) in [7, 11) is 1.53. The first kappa shape index (κ1) is 17.5. The largest absolute Gasteiger partial charge is 0.502 e. The lowest BCUT2D eigenvalue weighted by molar-refractivity contribution is -0.121. The Morgan fingerprint density at radius 3 is 2.38 bits per heavy atom. The van der Waals surface area contributed by atoms with Gasteiger partial charge in [-0.15, -0.1) is 0 Å². The molecule has 0 aliphatic carbocycles. The highest BCUT2D eigenvalue weighted by atomic mass is 16.5. The number of hydrogen-bond acceptors (Lipinski definition) is 5. The number of anilines is 1. The molecular weight excluding hydrogens is 334 g/mol. The van der Waals surface area contributed by atoms with E-state index in [1.54, 1.807) is 48.5 Å². The molecule has 26 heavy (non-hydrogen) atoms. The minimum atomic E-state index is -0.756. The zero-order valence-electron chi connectivity index (χ0n) is 14.6. The summed E-state index contributed by atoms with van der Waals surface area (Å²) < 4.78 is 10.6. The number of amides is 2. The van der Waals surface area contributed by atoms with Gasteiger partial charge in [0, 0.05) is 6.07 Å². The SMILES string of the molecule is CCCOc1cccc(N2C(=O)C(O)=C(c3ccc(OC)cc3)C2=O)c1. The van der Waals surface area contributed by atoms with Gasteiger partial charge in [-0.2, -0.15) is 0 Å². The normalized spacial score (nSPS) is 14.2. The Bertz CT molecular complexity index is 870. The van der Waals surface area contributed by atoms with E-state index < -0.39 is 17.6 Å². The van der Waals surface area contributed by atoms with Gasteiger partial charge in [-0.25, -0.2) is 4.90 Å². The van der Waals surface area contributed by atoms with E-state index >= 15 is 0 Å². The summed E-state index contributed by atoms with van der Waals surface area (Å²) in [4.78, 5) is 26.3. The fourth-order valence-electron chi connectivity index (χ4n) is 2.70. The molecular formula is C20H19NO5. The smallest absolute Gasteiger partial charge is 0.301 e. The third-order valence-electron chi connectivity index (χ3n) is 3.99. The van der Waals surface area contributed by atoms with Crippen LogP contribution >= 0.6 is 0 Å². The highest BCUT2D eigenvalue weighted by Crippen LogP contribution is 2.33. The minimum Gasteiger partial charge on any atom is -0.502 e. The Labute approximate surface area is 151 Å². The van der Waals surface area contributed by atoms with Gasteiger partial charge in [0.05, 0.1) is 25.0 Å². The Kier molecular flexibility index (Phi) is 4.93. The van der Waals surface area contributed by atoms with E-state index in [0.29, 0.717) is 29.4 Å². The average molecular weight is 353 g/mol. The van der Waals surface area contributed by atoms with Crippen LogP contribution in [0.1, 0.15) is 18.9 Å². The molecule has 1 aliphatic heterocycles. The standard InChI is InChI=1S/C20H19NO5/c1-3-11-26-16-6-4-5-14(12-16)21-19(23)17(18(22)20(21)24)13-7-9-15(25-2)10-8-13/h4-10,12,22H,3,11H2,1-2H3. The number of benzene rings is 2. The molecule has 2 aromatic carbocycles. The molecule has 1 N–H and O–H groups in total. The van der Waals surface area contributed by atoms with Crippen molar-refractivity contribution in [3.05, 3.63) is 59.9 Å². The molecule has 6 heteroatoms. The van der Waals surface area contributed by atoms with Gasteiger partial charge in [0.1, 0.15) is 11.5 Å². The van der Waals surface area contributed by atoms with Crippen LogP contribution in [0.2, 0.25) is 0 Å². The van der Waals surface area contributed by atoms with E-state index in [4.69, 9.17) is 9.47 Å². The summed E-state index contributed by atoms with van der Waals surface area (Å²) in [6.45, 7) is 2.52. The molecule has 0 spiro atoms. The third-order valence-corrected chi connectivity index (χ3v) is 3.99. The molecule has 0 saturated heterocycles. The van der Waals surface area contributed by atoms with Gasteiger partial charge in [0.15, 0.2) is 5.76 Å². The van der Waals surface area contributed by atoms with Crippen LogP contribution in [0.15, 0.2) is 54.3 Å². The summed E-state index contributed by atoms with van der Waals surface area (Å²) in [6.07, 6.45) is 0.843. The van der Waals surface area contributed by atoms with Crippen molar-refractivity contribution in [2.45, 2.75) is 13.3 Å². The Morgan fingerprint density at radius 1 is 1.00 bits per heavy atom. The van der Waals surface area contributed by atoms with Crippen molar-refractivity contribution in [2.75, 3.05) is 18.6 Å². The molecule has 2 amide bonds. The van der Waals surface area contributed by atoms with Gasteiger partial charge < -0.3 is 14.6 Å². The second-order valence-electron chi connectivity index (χ2n) is 5.74. The number of carbonyl (C=O) groups is 2. The third kappa shape index (κ3) is 3.13. The Balaban J connectivity index is 1.93. The molecule has 0 radical (unpaired) electrons. The highest BCUT2D eigenvalue weighted by molar-refractivity contribution is 6.44. The number of methoxy groups -OCH3 is 1. The molecule has 0 fully saturated rings. The van der Waals surface area contributed by atoms with Gasteiger partial charge in [-0.05, 0) is 36.2 Å². The molecule has 6 nitrogen and oxygen atoms in total. The van der Waals surface area contributed by atoms with E-state index in [-0.39, 0.29) is 5.57 Å². The quantitative estimate of drug-likeness (QED) is 0.806. The average Bonchev–Trinajstić information content (AvgIpc) is 2.89. The molecule has 1 heterocycles. The summed E-state index contributed by atoms with van der Waals surface area (Å²) in [5.74, 6) is -0.732. The van der Waals surface area contributed by atoms with Crippen LogP contribution in [0.5, 0.6) is 11.5 Å². The molecule has 0 aromatic heterocycles. The minimum absolute atomic E-state index is 0.0301. The second-order valence-corrected chi connectivity index (χ2v) is 5.74. The number of hydrogen-bond donors (Lipinski definition) is 1. The zero-order valence-corrected chi connectivity index (χ0v) is 14.6. The van der Waals surface area contributed by atoms with E-state index in [0.717, 1.165) is 11.3 Å². The van der Waals surface area contributed by atoms with Crippen molar-refractivity contribution < 1.29 is 24.2 Å². The summed E-state index contributed by atoms with van der Waals surface area (Å²) in [6, 6.07) is 13.3. The van der Waals surface area contributed by atoms with E-state index in [9.17, 15) is 14.7 Å². The van der Waals surface area contributed by atoms with Gasteiger partial charge in [-0.1, -0.05) is 25.1 Å². The predicted molar refractivity (Wildman–Crippen MR) is 97.3 cm³/mol. The van der Waals surface area contributed by atoms with Crippen molar-refractivity contribution >= 4 is 23.1 Å². The molecule has 1 aliphatic rings. The van der Waals surface area contributed by atoms with Crippen LogP contribution in [0.25, 0.3) is 5.57 Å². The topological polar surface area (TPSA) is 76.1 Å². The van der Waals surface area contributed by atoms with Crippen LogP contribution < -0.4 is 14.4 Å². The van der Waals surface area contributed by atoms with Crippen molar-refractivity contribution in [2.24, 2.45) is 0 Å². The molecule has 0 bridgehead atoms. The lowest BCUT2D eigenvalue weighted by atomic mass is 10.1. The van der Waals surface area contributed by atoms with Crippen LogP contribution in [0.4, 0.5) is 5.69 Å². The van der Waals surface area contributed by atoms with Gasteiger partial charge in [0.2, 0.25) is 0 Å². The van der Waals surface area contributed by atoms with Crippen LogP contribution in [-0.4, -0.2) is 30.6 Å². The number of carbonyl (C=O) groups excluding carboxylic acids is 2. The lowest BCUT2D eigenvalue weighted by Crippen LogP contribution is -2.31. The fraction of sp³-hybridized carbons (Fsp3) is 0.200. The van der Waals surface area contributed by atoms with Crippen molar-refractivity contribution in [3.8, 4) is 11.5 Å². The first-order chi connectivity index (χ1) is 12.6. The monoisotopic (exact) mass is 353 g/mol. The second kappa shape index (κ2) is 7.31. The molecule has 134 valence electrons. The molecule has 3 rings (SSSR count). The van der Waals surface area contributed by atoms with Gasteiger partial charge in [0.25, 0.3) is 5.91 Å². The Hall–Kier alpha value is -3.28. The van der Waals surface area contributed by atoms with E-state index in [2.05, 4.69) is 0 Å². The maximum absolute atomic E-state index is 12.8. The molecule has 2 aromatic rings. The Morgan fingerprint density at radius 2 is 1.73 bits per heavy atom. The molecule has 0 saturated carbocycles. The van der Waals surface area contributed by atoms with E-state index in [1.807, 2.05) is 6.92 Å². The number of nitrogens with zero attached hydrogens (tertiary/aromatic N) is 1. The maximum Gasteiger partial charge on any atom is 0.301 e. The van der Waals surface area contributed by atoms with Crippen molar-refractivity contribution in [1.29, 1.82) is 0 Å². The lowest BCUT2D eigenvalue weighted by Gasteiger charge is -2.16. The number of imide groups is 1. The van der Waals surface area contributed by atoms with Gasteiger partial charge in [-0.3, -0.25) is 9.59 Å². The number of ether oxygens (including phenoxy) is 2. The summed E-state index contributed by atoms with van der Waals surface area (Å²) in [5, 5.41) is 10.3. The predicted octanol–water partition coefficient (Wildman–Crippen LogP) is 3.33. The number of aliphatic hydroxyl groups excluding tert-OH is 1. The van der Waals surface area contributed by atoms with Crippen molar-refractivity contribution in [3.63, 3.8) is 0 Å². The highest BCUT2D eigenvalue weighted by Gasteiger charge is 2.40. The van der Waals surface area contributed by atoms with E-state index in [1.165, 1.54) is 7.11 Å². The fourth-order valence-corrected chi connectivity index (χ4v) is 2.70. The molecule has 0 unspecified atom stereocenters. The van der Waals surface area contributed by atoms with Crippen LogP contribution in [0.3, 0.4) is 0 Å². The number of aliphatic hydroxyl groups is 1. The first-order valence-electron chi connectivity index (χ1n) is 8.26. The van der Waals surface area contributed by atoms with Crippen LogP contribution in [0, 0.1) is 0 Å². The first-order valence-corrected chi connectivity index (χ1v) is 8.26. The van der Waals surface area contributed by atoms with Gasteiger partial charge >= 0.3 is 5.91 Å². The zero-order chi connectivity index (χ0) is 18.7. The van der Waals surface area contributed by atoms with Crippen molar-refractivity contribution in [1.82, 2.24) is 0 Å².